The Morgan fingerprint density at radius 2 is 1.95 bits per heavy atom. The van der Waals surface area contributed by atoms with E-state index in [4.69, 9.17) is 5.73 Å². The van der Waals surface area contributed by atoms with Gasteiger partial charge in [0.15, 0.2) is 0 Å². The Morgan fingerprint density at radius 3 is 2.58 bits per heavy atom. The molecule has 2 nitrogen and oxygen atoms in total. The molecular weight excluding hydrogens is 239 g/mol. The van der Waals surface area contributed by atoms with E-state index in [0.29, 0.717) is 17.0 Å². The number of piperidine rings is 1. The first-order valence-corrected chi connectivity index (χ1v) is 7.10. The zero-order valence-electron chi connectivity index (χ0n) is 12.2. The first-order valence-electron chi connectivity index (χ1n) is 7.10. The van der Waals surface area contributed by atoms with E-state index in [0.717, 1.165) is 25.9 Å². The predicted molar refractivity (Wildman–Crippen MR) is 78.8 cm³/mol. The molecule has 0 saturated carbocycles. The SMILES string of the molecule is CC(C)(C)CC1CC(N)CN(c2ccccc2F)C1. The lowest BCUT2D eigenvalue weighted by atomic mass is 9.80. The van der Waals surface area contributed by atoms with Gasteiger partial charge in [-0.1, -0.05) is 32.9 Å². The lowest BCUT2D eigenvalue weighted by Gasteiger charge is -2.40. The summed E-state index contributed by atoms with van der Waals surface area (Å²) in [5.74, 6) is 0.398. The van der Waals surface area contributed by atoms with Crippen LogP contribution in [0, 0.1) is 17.2 Å². The van der Waals surface area contributed by atoms with E-state index in [1.165, 1.54) is 6.07 Å². The van der Waals surface area contributed by atoms with Gasteiger partial charge in [0, 0.05) is 19.1 Å². The molecule has 3 heteroatoms. The highest BCUT2D eigenvalue weighted by molar-refractivity contribution is 5.48. The van der Waals surface area contributed by atoms with Gasteiger partial charge in [-0.3, -0.25) is 0 Å². The average molecular weight is 264 g/mol. The highest BCUT2D eigenvalue weighted by Crippen LogP contribution is 2.32. The van der Waals surface area contributed by atoms with Crippen LogP contribution in [0.1, 0.15) is 33.6 Å². The minimum atomic E-state index is -0.147. The van der Waals surface area contributed by atoms with E-state index in [9.17, 15) is 4.39 Å². The van der Waals surface area contributed by atoms with Crippen LogP contribution in [-0.4, -0.2) is 19.1 Å². The minimum Gasteiger partial charge on any atom is -0.367 e. The fourth-order valence-electron chi connectivity index (χ4n) is 3.17. The van der Waals surface area contributed by atoms with Crippen molar-refractivity contribution in [3.05, 3.63) is 30.1 Å². The highest BCUT2D eigenvalue weighted by atomic mass is 19.1. The monoisotopic (exact) mass is 264 g/mol. The molecule has 0 radical (unpaired) electrons. The van der Waals surface area contributed by atoms with Crippen LogP contribution in [0.5, 0.6) is 0 Å². The Hall–Kier alpha value is -1.09. The average Bonchev–Trinajstić information content (AvgIpc) is 2.26. The molecule has 1 aliphatic rings. The van der Waals surface area contributed by atoms with Crippen molar-refractivity contribution in [3.63, 3.8) is 0 Å². The number of hydrogen-bond donors (Lipinski definition) is 1. The molecule has 106 valence electrons. The van der Waals surface area contributed by atoms with Gasteiger partial charge in [0.25, 0.3) is 0 Å². The quantitative estimate of drug-likeness (QED) is 0.887. The molecule has 1 heterocycles. The largest absolute Gasteiger partial charge is 0.367 e. The molecule has 0 amide bonds. The van der Waals surface area contributed by atoms with Crippen molar-refractivity contribution >= 4 is 5.69 Å². The van der Waals surface area contributed by atoms with Crippen LogP contribution in [-0.2, 0) is 0 Å². The van der Waals surface area contributed by atoms with Crippen molar-refractivity contribution < 1.29 is 4.39 Å². The highest BCUT2D eigenvalue weighted by Gasteiger charge is 2.29. The molecule has 2 atom stereocenters. The van der Waals surface area contributed by atoms with Gasteiger partial charge < -0.3 is 10.6 Å². The topological polar surface area (TPSA) is 29.3 Å². The third-order valence-electron chi connectivity index (χ3n) is 3.66. The maximum Gasteiger partial charge on any atom is 0.146 e. The van der Waals surface area contributed by atoms with Crippen molar-refractivity contribution in [2.45, 2.75) is 39.7 Å². The molecule has 0 aliphatic carbocycles. The summed E-state index contributed by atoms with van der Waals surface area (Å²) in [6.07, 6.45) is 2.17. The molecule has 2 unspecified atom stereocenters. The van der Waals surface area contributed by atoms with Gasteiger partial charge in [-0.05, 0) is 36.3 Å². The van der Waals surface area contributed by atoms with E-state index in [1.807, 2.05) is 12.1 Å². The van der Waals surface area contributed by atoms with Crippen molar-refractivity contribution in [3.8, 4) is 0 Å². The Labute approximate surface area is 115 Å². The second kappa shape index (κ2) is 5.49. The molecule has 2 rings (SSSR count). The van der Waals surface area contributed by atoms with E-state index in [1.54, 1.807) is 6.07 Å². The summed E-state index contributed by atoms with van der Waals surface area (Å²) in [4.78, 5) is 2.11. The van der Waals surface area contributed by atoms with Crippen LogP contribution in [0.2, 0.25) is 0 Å². The maximum atomic E-state index is 13.9. The molecule has 0 aromatic heterocycles. The summed E-state index contributed by atoms with van der Waals surface area (Å²) in [5.41, 5.74) is 7.14. The maximum absolute atomic E-state index is 13.9. The second-order valence-electron chi connectivity index (χ2n) is 6.98. The van der Waals surface area contributed by atoms with Crippen LogP contribution in [0.3, 0.4) is 0 Å². The Kier molecular flexibility index (Phi) is 4.14. The summed E-state index contributed by atoms with van der Waals surface area (Å²) in [5, 5.41) is 0. The van der Waals surface area contributed by atoms with Crippen LogP contribution in [0.25, 0.3) is 0 Å². The summed E-state index contributed by atoms with van der Waals surface area (Å²) in [6, 6.07) is 7.13. The molecule has 1 aromatic rings. The number of halogens is 1. The predicted octanol–water partition coefficient (Wildman–Crippen LogP) is 3.42. The number of nitrogens with two attached hydrogens (primary N) is 1. The molecule has 0 spiro atoms. The summed E-state index contributed by atoms with van der Waals surface area (Å²) in [6.45, 7) is 8.41. The fraction of sp³-hybridized carbons (Fsp3) is 0.625. The lowest BCUT2D eigenvalue weighted by Crippen LogP contribution is -2.48. The number of hydrogen-bond acceptors (Lipinski definition) is 2. The van der Waals surface area contributed by atoms with Crippen molar-refractivity contribution in [2.24, 2.45) is 17.1 Å². The van der Waals surface area contributed by atoms with Gasteiger partial charge in [0.1, 0.15) is 5.82 Å². The van der Waals surface area contributed by atoms with E-state index >= 15 is 0 Å². The molecule has 1 saturated heterocycles. The number of anilines is 1. The first kappa shape index (κ1) is 14.3. The van der Waals surface area contributed by atoms with Gasteiger partial charge in [-0.2, -0.15) is 0 Å². The zero-order chi connectivity index (χ0) is 14.0. The Bertz CT molecular complexity index is 425. The summed E-state index contributed by atoms with van der Waals surface area (Å²) >= 11 is 0. The third kappa shape index (κ3) is 3.93. The molecule has 0 bridgehead atoms. The van der Waals surface area contributed by atoms with Gasteiger partial charge in [-0.25, -0.2) is 4.39 Å². The zero-order valence-corrected chi connectivity index (χ0v) is 12.2. The third-order valence-corrected chi connectivity index (χ3v) is 3.66. The van der Waals surface area contributed by atoms with E-state index in [2.05, 4.69) is 25.7 Å². The molecular formula is C16H25FN2. The summed E-state index contributed by atoms with van der Waals surface area (Å²) in [7, 11) is 0. The number of para-hydroxylation sites is 1. The molecule has 1 aliphatic heterocycles. The standard InChI is InChI=1S/C16H25FN2/c1-16(2,3)9-12-8-13(18)11-19(10-12)15-7-5-4-6-14(15)17/h4-7,12-13H,8-11,18H2,1-3H3. The van der Waals surface area contributed by atoms with Gasteiger partial charge >= 0.3 is 0 Å². The number of rotatable bonds is 2. The second-order valence-corrected chi connectivity index (χ2v) is 6.98. The lowest BCUT2D eigenvalue weighted by molar-refractivity contribution is 0.253. The normalized spacial score (nSPS) is 24.6. The van der Waals surface area contributed by atoms with Crippen molar-refractivity contribution in [1.82, 2.24) is 0 Å². The van der Waals surface area contributed by atoms with Gasteiger partial charge in [0.2, 0.25) is 0 Å². The van der Waals surface area contributed by atoms with Crippen molar-refractivity contribution in [2.75, 3.05) is 18.0 Å². The molecule has 1 aromatic carbocycles. The van der Waals surface area contributed by atoms with E-state index in [-0.39, 0.29) is 11.9 Å². The molecule has 2 N–H and O–H groups in total. The Morgan fingerprint density at radius 1 is 1.26 bits per heavy atom. The van der Waals surface area contributed by atoms with Gasteiger partial charge in [0.05, 0.1) is 5.69 Å². The van der Waals surface area contributed by atoms with Crippen molar-refractivity contribution in [1.29, 1.82) is 0 Å². The van der Waals surface area contributed by atoms with Gasteiger partial charge in [-0.15, -0.1) is 0 Å². The van der Waals surface area contributed by atoms with Crippen LogP contribution >= 0.6 is 0 Å². The number of benzene rings is 1. The molecule has 19 heavy (non-hydrogen) atoms. The smallest absolute Gasteiger partial charge is 0.146 e. The van der Waals surface area contributed by atoms with Crippen LogP contribution in [0.15, 0.2) is 24.3 Å². The Balaban J connectivity index is 2.12. The van der Waals surface area contributed by atoms with E-state index < -0.39 is 0 Å². The van der Waals surface area contributed by atoms with Crippen LogP contribution < -0.4 is 10.6 Å². The fourth-order valence-corrected chi connectivity index (χ4v) is 3.17. The summed E-state index contributed by atoms with van der Waals surface area (Å²) < 4.78 is 13.9. The first-order chi connectivity index (χ1) is 8.85. The van der Waals surface area contributed by atoms with Crippen LogP contribution in [0.4, 0.5) is 10.1 Å². The molecule has 1 fully saturated rings. The number of nitrogens with zero attached hydrogens (tertiary/aromatic N) is 1. The minimum absolute atomic E-state index is 0.140.